The van der Waals surface area contributed by atoms with E-state index in [4.69, 9.17) is 0 Å². The summed E-state index contributed by atoms with van der Waals surface area (Å²) in [4.78, 5) is 2.63. The van der Waals surface area contributed by atoms with Crippen LogP contribution in [0.15, 0.2) is 42.5 Å². The Labute approximate surface area is 134 Å². The van der Waals surface area contributed by atoms with Crippen molar-refractivity contribution in [3.05, 3.63) is 70.3 Å². The van der Waals surface area contributed by atoms with Crippen molar-refractivity contribution in [1.29, 1.82) is 0 Å². The van der Waals surface area contributed by atoms with E-state index in [1.165, 1.54) is 27.8 Å². The Balaban J connectivity index is 2.10. The van der Waals surface area contributed by atoms with Crippen LogP contribution in [0.25, 0.3) is 0 Å². The van der Waals surface area contributed by atoms with Gasteiger partial charge in [0.25, 0.3) is 0 Å². The Kier molecular flexibility index (Phi) is 4.60. The molecule has 0 aliphatic carbocycles. The highest BCUT2D eigenvalue weighted by Gasteiger charge is 2.26. The van der Waals surface area contributed by atoms with Crippen LogP contribution in [0.3, 0.4) is 0 Å². The van der Waals surface area contributed by atoms with Gasteiger partial charge in [-0.05, 0) is 43.0 Å². The Hall–Kier alpha value is -1.64. The van der Waals surface area contributed by atoms with Crippen molar-refractivity contribution in [2.45, 2.75) is 26.8 Å². The normalized spacial score (nSPS) is 17.4. The summed E-state index contributed by atoms with van der Waals surface area (Å²) in [5.74, 6) is 0. The lowest BCUT2D eigenvalue weighted by Crippen LogP contribution is -2.45. The lowest BCUT2D eigenvalue weighted by Gasteiger charge is -2.37. The first-order chi connectivity index (χ1) is 10.7. The molecule has 1 aliphatic rings. The van der Waals surface area contributed by atoms with Gasteiger partial charge in [0.05, 0.1) is 6.04 Å². The van der Waals surface area contributed by atoms with Gasteiger partial charge in [0.1, 0.15) is 0 Å². The first-order valence-corrected chi connectivity index (χ1v) is 8.24. The standard InChI is InChI=1S/C20H26N2/c1-15-8-9-17(3)19(14-15)20(22-12-10-21-11-13-22)18-7-5-4-6-16(18)2/h4-9,14,20-21H,10-13H2,1-3H3. The molecule has 1 atom stereocenters. The molecule has 116 valence electrons. The van der Waals surface area contributed by atoms with Crippen LogP contribution in [0.1, 0.15) is 33.9 Å². The van der Waals surface area contributed by atoms with E-state index in [2.05, 4.69) is 73.5 Å². The highest BCUT2D eigenvalue weighted by Crippen LogP contribution is 2.33. The number of nitrogens with one attached hydrogen (secondary N) is 1. The number of nitrogens with zero attached hydrogens (tertiary/aromatic N) is 1. The first kappa shape index (κ1) is 15.3. The maximum absolute atomic E-state index is 3.47. The summed E-state index contributed by atoms with van der Waals surface area (Å²) in [6, 6.07) is 16.0. The van der Waals surface area contributed by atoms with E-state index >= 15 is 0 Å². The number of hydrogen-bond acceptors (Lipinski definition) is 2. The zero-order valence-corrected chi connectivity index (χ0v) is 13.9. The summed E-state index contributed by atoms with van der Waals surface area (Å²) in [7, 11) is 0. The molecule has 3 rings (SSSR count). The molecule has 0 radical (unpaired) electrons. The van der Waals surface area contributed by atoms with Crippen molar-refractivity contribution in [2.75, 3.05) is 26.2 Å². The van der Waals surface area contributed by atoms with Crippen molar-refractivity contribution in [2.24, 2.45) is 0 Å². The van der Waals surface area contributed by atoms with Gasteiger partial charge in [-0.3, -0.25) is 4.90 Å². The lowest BCUT2D eigenvalue weighted by atomic mass is 9.89. The van der Waals surface area contributed by atoms with E-state index in [0.717, 1.165) is 26.2 Å². The molecule has 0 aromatic heterocycles. The van der Waals surface area contributed by atoms with Gasteiger partial charge in [0.2, 0.25) is 0 Å². The Bertz CT molecular complexity index is 642. The smallest absolute Gasteiger partial charge is 0.0607 e. The molecule has 2 aromatic rings. The van der Waals surface area contributed by atoms with E-state index < -0.39 is 0 Å². The zero-order chi connectivity index (χ0) is 15.5. The van der Waals surface area contributed by atoms with Gasteiger partial charge in [0.15, 0.2) is 0 Å². The molecule has 1 unspecified atom stereocenters. The van der Waals surface area contributed by atoms with Crippen LogP contribution >= 0.6 is 0 Å². The van der Waals surface area contributed by atoms with Gasteiger partial charge in [-0.2, -0.15) is 0 Å². The number of hydrogen-bond donors (Lipinski definition) is 1. The van der Waals surface area contributed by atoms with Crippen molar-refractivity contribution in [1.82, 2.24) is 10.2 Å². The van der Waals surface area contributed by atoms with E-state index in [9.17, 15) is 0 Å². The summed E-state index contributed by atoms with van der Waals surface area (Å²) < 4.78 is 0. The van der Waals surface area contributed by atoms with Crippen molar-refractivity contribution in [3.8, 4) is 0 Å². The van der Waals surface area contributed by atoms with Crippen LogP contribution < -0.4 is 5.32 Å². The van der Waals surface area contributed by atoms with Crippen LogP contribution in [0.4, 0.5) is 0 Å². The second kappa shape index (κ2) is 6.64. The minimum Gasteiger partial charge on any atom is -0.314 e. The lowest BCUT2D eigenvalue weighted by molar-refractivity contribution is 0.197. The molecule has 2 nitrogen and oxygen atoms in total. The van der Waals surface area contributed by atoms with Crippen LogP contribution in [0.5, 0.6) is 0 Å². The SMILES string of the molecule is Cc1ccc(C)c(C(c2ccccc2C)N2CCNCC2)c1. The van der Waals surface area contributed by atoms with Crippen molar-refractivity contribution in [3.63, 3.8) is 0 Å². The van der Waals surface area contributed by atoms with Gasteiger partial charge < -0.3 is 5.32 Å². The molecule has 0 bridgehead atoms. The molecular formula is C20H26N2. The van der Waals surface area contributed by atoms with E-state index in [1.807, 2.05) is 0 Å². The minimum absolute atomic E-state index is 0.364. The highest BCUT2D eigenvalue weighted by molar-refractivity contribution is 5.42. The Morgan fingerprint density at radius 2 is 1.55 bits per heavy atom. The molecule has 1 fully saturated rings. The molecule has 22 heavy (non-hydrogen) atoms. The number of rotatable bonds is 3. The molecule has 2 heteroatoms. The fourth-order valence-corrected chi connectivity index (χ4v) is 3.45. The maximum atomic E-state index is 3.47. The minimum atomic E-state index is 0.364. The van der Waals surface area contributed by atoms with Crippen LogP contribution in [0, 0.1) is 20.8 Å². The predicted octanol–water partition coefficient (Wildman–Crippen LogP) is 3.61. The molecule has 0 amide bonds. The highest BCUT2D eigenvalue weighted by atomic mass is 15.2. The third-order valence-corrected chi connectivity index (χ3v) is 4.73. The Morgan fingerprint density at radius 1 is 0.864 bits per heavy atom. The monoisotopic (exact) mass is 294 g/mol. The molecule has 0 saturated carbocycles. The van der Waals surface area contributed by atoms with Gasteiger partial charge >= 0.3 is 0 Å². The molecule has 1 saturated heterocycles. The van der Waals surface area contributed by atoms with E-state index in [0.29, 0.717) is 6.04 Å². The summed E-state index contributed by atoms with van der Waals surface area (Å²) >= 11 is 0. The van der Waals surface area contributed by atoms with Gasteiger partial charge in [-0.25, -0.2) is 0 Å². The maximum Gasteiger partial charge on any atom is 0.0607 e. The average molecular weight is 294 g/mol. The number of aryl methyl sites for hydroxylation is 3. The van der Waals surface area contributed by atoms with Crippen molar-refractivity contribution < 1.29 is 0 Å². The number of piperazine rings is 1. The molecule has 1 N–H and O–H groups in total. The molecule has 1 aliphatic heterocycles. The third-order valence-electron chi connectivity index (χ3n) is 4.73. The second-order valence-electron chi connectivity index (χ2n) is 6.41. The predicted molar refractivity (Wildman–Crippen MR) is 93.4 cm³/mol. The largest absolute Gasteiger partial charge is 0.314 e. The van der Waals surface area contributed by atoms with Crippen molar-refractivity contribution >= 4 is 0 Å². The molecule has 0 spiro atoms. The molecule has 1 heterocycles. The molecular weight excluding hydrogens is 268 g/mol. The zero-order valence-electron chi connectivity index (χ0n) is 13.9. The van der Waals surface area contributed by atoms with Gasteiger partial charge in [-0.1, -0.05) is 48.0 Å². The number of benzene rings is 2. The average Bonchev–Trinajstić information content (AvgIpc) is 2.54. The third kappa shape index (κ3) is 3.08. The second-order valence-corrected chi connectivity index (χ2v) is 6.41. The fourth-order valence-electron chi connectivity index (χ4n) is 3.45. The van der Waals surface area contributed by atoms with Crippen LogP contribution in [-0.2, 0) is 0 Å². The van der Waals surface area contributed by atoms with Gasteiger partial charge in [-0.15, -0.1) is 0 Å². The van der Waals surface area contributed by atoms with E-state index in [-0.39, 0.29) is 0 Å². The summed E-state index contributed by atoms with van der Waals surface area (Å²) in [5, 5.41) is 3.47. The quantitative estimate of drug-likeness (QED) is 0.930. The topological polar surface area (TPSA) is 15.3 Å². The summed E-state index contributed by atoms with van der Waals surface area (Å²) in [6.45, 7) is 11.0. The van der Waals surface area contributed by atoms with Crippen LogP contribution in [-0.4, -0.2) is 31.1 Å². The fraction of sp³-hybridized carbons (Fsp3) is 0.400. The first-order valence-electron chi connectivity index (χ1n) is 8.24. The van der Waals surface area contributed by atoms with E-state index in [1.54, 1.807) is 0 Å². The Morgan fingerprint density at radius 3 is 2.27 bits per heavy atom. The molecule has 2 aromatic carbocycles. The van der Waals surface area contributed by atoms with Gasteiger partial charge in [0, 0.05) is 26.2 Å². The van der Waals surface area contributed by atoms with Crippen LogP contribution in [0.2, 0.25) is 0 Å². The summed E-state index contributed by atoms with van der Waals surface area (Å²) in [6.07, 6.45) is 0. The summed E-state index contributed by atoms with van der Waals surface area (Å²) in [5.41, 5.74) is 7.01.